The number of nitrogens with one attached hydrogen (secondary N) is 1. The molecule has 8 nitrogen and oxygen atoms in total. The second-order valence-electron chi connectivity index (χ2n) is 6.96. The van der Waals surface area contributed by atoms with Gasteiger partial charge < -0.3 is 20.5 Å². The Hall–Kier alpha value is -4.72. The summed E-state index contributed by atoms with van der Waals surface area (Å²) in [7, 11) is 0. The molecule has 33 heavy (non-hydrogen) atoms. The standard InChI is InChI=1S/C25H20N4O4/c26-23(30)21-7-1-2-8-22(21)32-16-17-5-3-6-18(15-17)24(31)29-19-9-11-20(12-10-19)33-25-27-13-4-14-28-25/h1-15H,16H2,(H2,26,30)(H,29,31). The first kappa shape index (κ1) is 21.5. The maximum atomic E-state index is 12.7. The van der Waals surface area contributed by atoms with Crippen molar-refractivity contribution in [3.8, 4) is 17.5 Å². The van der Waals surface area contributed by atoms with Crippen LogP contribution in [0.25, 0.3) is 0 Å². The molecule has 0 saturated carbocycles. The number of benzene rings is 3. The van der Waals surface area contributed by atoms with Crippen LogP contribution >= 0.6 is 0 Å². The van der Waals surface area contributed by atoms with Gasteiger partial charge in [0.15, 0.2) is 0 Å². The predicted molar refractivity (Wildman–Crippen MR) is 122 cm³/mol. The van der Waals surface area contributed by atoms with E-state index in [0.717, 1.165) is 5.56 Å². The number of nitrogens with zero attached hydrogens (tertiary/aromatic N) is 2. The van der Waals surface area contributed by atoms with E-state index in [2.05, 4.69) is 15.3 Å². The number of nitrogens with two attached hydrogens (primary N) is 1. The molecule has 0 fully saturated rings. The van der Waals surface area contributed by atoms with Crippen LogP contribution in [0.3, 0.4) is 0 Å². The van der Waals surface area contributed by atoms with E-state index in [1.54, 1.807) is 85.2 Å². The molecule has 0 radical (unpaired) electrons. The lowest BCUT2D eigenvalue weighted by atomic mass is 10.1. The van der Waals surface area contributed by atoms with Crippen LogP contribution in [0.15, 0.2) is 91.3 Å². The van der Waals surface area contributed by atoms with Crippen LogP contribution in [-0.4, -0.2) is 21.8 Å². The van der Waals surface area contributed by atoms with Gasteiger partial charge in [0.25, 0.3) is 11.8 Å². The van der Waals surface area contributed by atoms with Crippen molar-refractivity contribution in [2.24, 2.45) is 5.73 Å². The van der Waals surface area contributed by atoms with Gasteiger partial charge in [-0.2, -0.15) is 0 Å². The molecule has 0 bridgehead atoms. The number of anilines is 1. The van der Waals surface area contributed by atoms with Crippen molar-refractivity contribution in [2.45, 2.75) is 6.61 Å². The molecular weight excluding hydrogens is 420 g/mol. The van der Waals surface area contributed by atoms with Gasteiger partial charge in [0, 0.05) is 23.6 Å². The van der Waals surface area contributed by atoms with Crippen LogP contribution in [-0.2, 0) is 6.61 Å². The maximum Gasteiger partial charge on any atom is 0.321 e. The Morgan fingerprint density at radius 3 is 2.39 bits per heavy atom. The summed E-state index contributed by atoms with van der Waals surface area (Å²) in [6, 6.07) is 22.6. The van der Waals surface area contributed by atoms with Crippen LogP contribution in [0.2, 0.25) is 0 Å². The minimum Gasteiger partial charge on any atom is -0.488 e. The molecule has 0 saturated heterocycles. The van der Waals surface area contributed by atoms with E-state index < -0.39 is 5.91 Å². The van der Waals surface area contributed by atoms with E-state index in [0.29, 0.717) is 28.3 Å². The minimum atomic E-state index is -0.563. The van der Waals surface area contributed by atoms with Gasteiger partial charge in [0.05, 0.1) is 5.56 Å². The zero-order valence-corrected chi connectivity index (χ0v) is 17.5. The number of carbonyl (C=O) groups is 2. The third kappa shape index (κ3) is 5.71. The van der Waals surface area contributed by atoms with Gasteiger partial charge in [-0.1, -0.05) is 24.3 Å². The van der Waals surface area contributed by atoms with E-state index in [1.807, 2.05) is 6.07 Å². The number of rotatable bonds is 8. The number of carbonyl (C=O) groups excluding carboxylic acids is 2. The number of primary amides is 1. The first-order valence-corrected chi connectivity index (χ1v) is 10.1. The van der Waals surface area contributed by atoms with Gasteiger partial charge in [-0.3, -0.25) is 9.59 Å². The quantitative estimate of drug-likeness (QED) is 0.424. The molecule has 0 aliphatic rings. The Morgan fingerprint density at radius 2 is 1.64 bits per heavy atom. The highest BCUT2D eigenvalue weighted by molar-refractivity contribution is 6.04. The topological polar surface area (TPSA) is 116 Å². The molecule has 3 N–H and O–H groups in total. The van der Waals surface area contributed by atoms with Crippen LogP contribution < -0.4 is 20.5 Å². The molecule has 0 spiro atoms. The SMILES string of the molecule is NC(=O)c1ccccc1OCc1cccc(C(=O)Nc2ccc(Oc3ncccn3)cc2)c1. The predicted octanol–water partition coefficient (Wildman–Crippen LogP) is 4.20. The fourth-order valence-electron chi connectivity index (χ4n) is 3.01. The molecule has 3 aromatic carbocycles. The highest BCUT2D eigenvalue weighted by atomic mass is 16.5. The Bertz CT molecular complexity index is 1260. The minimum absolute atomic E-state index is 0.180. The molecule has 8 heteroatoms. The third-order valence-electron chi connectivity index (χ3n) is 4.60. The molecule has 164 valence electrons. The van der Waals surface area contributed by atoms with E-state index in [9.17, 15) is 9.59 Å². The molecule has 0 unspecified atom stereocenters. The molecule has 1 aromatic heterocycles. The van der Waals surface area contributed by atoms with Crippen molar-refractivity contribution in [1.29, 1.82) is 0 Å². The fraction of sp³-hybridized carbons (Fsp3) is 0.0400. The largest absolute Gasteiger partial charge is 0.488 e. The molecule has 2 amide bonds. The van der Waals surface area contributed by atoms with Crippen LogP contribution in [0, 0.1) is 0 Å². The first-order valence-electron chi connectivity index (χ1n) is 10.1. The van der Waals surface area contributed by atoms with Crippen LogP contribution in [0.5, 0.6) is 17.5 Å². The maximum absolute atomic E-state index is 12.7. The van der Waals surface area contributed by atoms with Crippen molar-refractivity contribution in [3.05, 3.63) is 108 Å². The average molecular weight is 440 g/mol. The summed E-state index contributed by atoms with van der Waals surface area (Å²) < 4.78 is 11.3. The third-order valence-corrected chi connectivity index (χ3v) is 4.60. The van der Waals surface area contributed by atoms with Gasteiger partial charge in [-0.25, -0.2) is 9.97 Å². The van der Waals surface area contributed by atoms with Crippen LogP contribution in [0.1, 0.15) is 26.3 Å². The number of aromatic nitrogens is 2. The van der Waals surface area contributed by atoms with Crippen molar-refractivity contribution < 1.29 is 19.1 Å². The normalized spacial score (nSPS) is 10.3. The summed E-state index contributed by atoms with van der Waals surface area (Å²) in [6.45, 7) is 0.180. The van der Waals surface area contributed by atoms with E-state index in [4.69, 9.17) is 15.2 Å². The van der Waals surface area contributed by atoms with Gasteiger partial charge in [-0.05, 0) is 60.2 Å². The summed E-state index contributed by atoms with van der Waals surface area (Å²) in [6.07, 6.45) is 3.18. The summed E-state index contributed by atoms with van der Waals surface area (Å²) in [5, 5.41) is 2.85. The Morgan fingerprint density at radius 1 is 0.879 bits per heavy atom. The van der Waals surface area contributed by atoms with E-state index in [-0.39, 0.29) is 18.5 Å². The number of hydrogen-bond donors (Lipinski definition) is 2. The fourth-order valence-corrected chi connectivity index (χ4v) is 3.01. The van der Waals surface area contributed by atoms with Gasteiger partial charge in [0.2, 0.25) is 0 Å². The number of ether oxygens (including phenoxy) is 2. The average Bonchev–Trinajstić information content (AvgIpc) is 2.85. The summed E-state index contributed by atoms with van der Waals surface area (Å²) in [5.74, 6) is 0.110. The lowest BCUT2D eigenvalue weighted by molar-refractivity contribution is 0.0994. The summed E-state index contributed by atoms with van der Waals surface area (Å²) in [5.41, 5.74) is 7.54. The van der Waals surface area contributed by atoms with Gasteiger partial charge >= 0.3 is 6.01 Å². The zero-order chi connectivity index (χ0) is 23.0. The van der Waals surface area contributed by atoms with Crippen molar-refractivity contribution >= 4 is 17.5 Å². The Balaban J connectivity index is 1.38. The second kappa shape index (κ2) is 10.1. The molecular formula is C25H20N4O4. The Labute approximate surface area is 190 Å². The van der Waals surface area contributed by atoms with Crippen molar-refractivity contribution in [2.75, 3.05) is 5.32 Å². The first-order chi connectivity index (χ1) is 16.1. The van der Waals surface area contributed by atoms with E-state index >= 15 is 0 Å². The molecule has 1 heterocycles. The Kier molecular flexibility index (Phi) is 6.56. The monoisotopic (exact) mass is 440 g/mol. The lowest BCUT2D eigenvalue weighted by Gasteiger charge is -2.11. The summed E-state index contributed by atoms with van der Waals surface area (Å²) in [4.78, 5) is 32.2. The van der Waals surface area contributed by atoms with Crippen LogP contribution in [0.4, 0.5) is 5.69 Å². The number of hydrogen-bond acceptors (Lipinski definition) is 6. The van der Waals surface area contributed by atoms with Gasteiger partial charge in [0.1, 0.15) is 18.1 Å². The number of para-hydroxylation sites is 1. The smallest absolute Gasteiger partial charge is 0.321 e. The van der Waals surface area contributed by atoms with Crippen molar-refractivity contribution in [1.82, 2.24) is 9.97 Å². The lowest BCUT2D eigenvalue weighted by Crippen LogP contribution is -2.13. The van der Waals surface area contributed by atoms with E-state index in [1.165, 1.54) is 0 Å². The van der Waals surface area contributed by atoms with Crippen molar-refractivity contribution in [3.63, 3.8) is 0 Å². The summed E-state index contributed by atoms with van der Waals surface area (Å²) >= 11 is 0. The molecule has 0 aliphatic heterocycles. The highest BCUT2D eigenvalue weighted by Crippen LogP contribution is 2.21. The van der Waals surface area contributed by atoms with Gasteiger partial charge in [-0.15, -0.1) is 0 Å². The second-order valence-corrected chi connectivity index (χ2v) is 6.96. The zero-order valence-electron chi connectivity index (χ0n) is 17.5. The molecule has 0 aliphatic carbocycles. The molecule has 4 rings (SSSR count). The molecule has 0 atom stereocenters. The number of amides is 2. The highest BCUT2D eigenvalue weighted by Gasteiger charge is 2.10. The molecule has 4 aromatic rings.